The first-order valence-electron chi connectivity index (χ1n) is 5.60. The molecule has 1 N–H and O–H groups in total. The first-order valence-corrected chi connectivity index (χ1v) is 7.90. The van der Waals surface area contributed by atoms with E-state index in [-0.39, 0.29) is 26.2 Å². The second-order valence-corrected chi connectivity index (χ2v) is 6.86. The molecule has 0 spiro atoms. The van der Waals surface area contributed by atoms with E-state index in [1.165, 1.54) is 13.8 Å². The highest BCUT2D eigenvalue weighted by Gasteiger charge is 2.23. The zero-order valence-corrected chi connectivity index (χ0v) is 12.6. The average molecular weight is 331 g/mol. The Morgan fingerprint density at radius 3 is 2.38 bits per heavy atom. The van der Waals surface area contributed by atoms with Crippen molar-refractivity contribution in [2.45, 2.75) is 18.7 Å². The van der Waals surface area contributed by atoms with Crippen LogP contribution in [0.4, 0.5) is 14.5 Å². The van der Waals surface area contributed by atoms with Crippen LogP contribution < -0.4 is 4.72 Å². The third kappa shape index (κ3) is 3.16. The van der Waals surface area contributed by atoms with Crippen LogP contribution in [0.25, 0.3) is 0 Å². The summed E-state index contributed by atoms with van der Waals surface area (Å²) in [6.45, 7) is 2.93. The van der Waals surface area contributed by atoms with Gasteiger partial charge in [-0.1, -0.05) is 0 Å². The van der Waals surface area contributed by atoms with E-state index in [2.05, 4.69) is 9.71 Å². The van der Waals surface area contributed by atoms with Gasteiger partial charge in [0.2, 0.25) is 5.13 Å². The van der Waals surface area contributed by atoms with Crippen molar-refractivity contribution < 1.29 is 17.7 Å². The molecular formula is C11H10FN3O4S2. The molecule has 0 fully saturated rings. The molecule has 0 unspecified atom stereocenters. The van der Waals surface area contributed by atoms with E-state index < -0.39 is 20.8 Å². The third-order valence-electron chi connectivity index (χ3n) is 2.59. The Balaban J connectivity index is 2.41. The second kappa shape index (κ2) is 5.37. The van der Waals surface area contributed by atoms with E-state index in [0.29, 0.717) is 11.3 Å². The van der Waals surface area contributed by atoms with Crippen LogP contribution in [0.1, 0.15) is 11.1 Å². The summed E-state index contributed by atoms with van der Waals surface area (Å²) in [5.41, 5.74) is 0.483. The fourth-order valence-corrected chi connectivity index (χ4v) is 4.21. The molecule has 0 aliphatic carbocycles. The van der Waals surface area contributed by atoms with Crippen LogP contribution in [-0.2, 0) is 10.0 Å². The molecule has 1 aromatic heterocycles. The Morgan fingerprint density at radius 2 is 1.90 bits per heavy atom. The van der Waals surface area contributed by atoms with E-state index in [9.17, 15) is 22.9 Å². The highest BCUT2D eigenvalue weighted by molar-refractivity contribution is 7.93. The molecule has 112 valence electrons. The van der Waals surface area contributed by atoms with Gasteiger partial charge in [0.15, 0.2) is 0 Å². The van der Waals surface area contributed by atoms with Gasteiger partial charge >= 0.3 is 5.00 Å². The molecule has 2 rings (SSSR count). The number of aromatic nitrogens is 1. The number of benzene rings is 1. The molecule has 0 saturated heterocycles. The molecule has 7 nitrogen and oxygen atoms in total. The van der Waals surface area contributed by atoms with Gasteiger partial charge in [0.05, 0.1) is 9.82 Å². The lowest BCUT2D eigenvalue weighted by molar-refractivity contribution is -0.380. The van der Waals surface area contributed by atoms with Crippen LogP contribution in [0.2, 0.25) is 0 Å². The normalized spacial score (nSPS) is 11.4. The standard InChI is InChI=1S/C11H10FN3O4S2/c1-6-3-8(12)4-7(2)10(6)21(18,19)14-11-13-5-9(20-11)15(16)17/h3-5H,1-2H3,(H,13,14). The van der Waals surface area contributed by atoms with E-state index in [1.54, 1.807) is 0 Å². The van der Waals surface area contributed by atoms with E-state index in [1.807, 2.05) is 0 Å². The van der Waals surface area contributed by atoms with Gasteiger partial charge in [-0.25, -0.2) is 17.8 Å². The fraction of sp³-hybridized carbons (Fsp3) is 0.182. The molecule has 0 bridgehead atoms. The number of nitrogens with zero attached hydrogens (tertiary/aromatic N) is 2. The van der Waals surface area contributed by atoms with Crippen LogP contribution >= 0.6 is 11.3 Å². The molecule has 21 heavy (non-hydrogen) atoms. The van der Waals surface area contributed by atoms with Gasteiger partial charge in [-0.15, -0.1) is 0 Å². The molecule has 0 radical (unpaired) electrons. The highest BCUT2D eigenvalue weighted by Crippen LogP contribution is 2.29. The van der Waals surface area contributed by atoms with E-state index >= 15 is 0 Å². The van der Waals surface area contributed by atoms with Crippen molar-refractivity contribution in [3.05, 3.63) is 45.4 Å². The van der Waals surface area contributed by atoms with Gasteiger partial charge in [0.25, 0.3) is 10.0 Å². The minimum absolute atomic E-state index is 0.0678. The van der Waals surface area contributed by atoms with Crippen molar-refractivity contribution in [3.8, 4) is 0 Å². The van der Waals surface area contributed by atoms with Gasteiger partial charge in [0.1, 0.15) is 12.0 Å². The maximum absolute atomic E-state index is 13.2. The summed E-state index contributed by atoms with van der Waals surface area (Å²) < 4.78 is 40.0. The Bertz CT molecular complexity index is 794. The van der Waals surface area contributed by atoms with Crippen LogP contribution in [-0.4, -0.2) is 18.3 Å². The molecule has 2 aromatic rings. The predicted octanol–water partition coefficient (Wildman–Crippen LogP) is 2.61. The smallest absolute Gasteiger partial charge is 0.257 e. The largest absolute Gasteiger partial charge is 0.345 e. The molecule has 10 heteroatoms. The van der Waals surface area contributed by atoms with Crippen molar-refractivity contribution in [2.24, 2.45) is 0 Å². The van der Waals surface area contributed by atoms with Crippen LogP contribution in [0, 0.1) is 29.8 Å². The van der Waals surface area contributed by atoms with Crippen molar-refractivity contribution in [1.29, 1.82) is 0 Å². The molecule has 0 saturated carbocycles. The first-order chi connectivity index (χ1) is 9.70. The summed E-state index contributed by atoms with van der Waals surface area (Å²) in [6, 6.07) is 2.21. The third-order valence-corrected chi connectivity index (χ3v) is 5.23. The Hall–Kier alpha value is -2.07. The predicted molar refractivity (Wildman–Crippen MR) is 75.5 cm³/mol. The monoisotopic (exact) mass is 331 g/mol. The quantitative estimate of drug-likeness (QED) is 0.685. The van der Waals surface area contributed by atoms with Crippen LogP contribution in [0.5, 0.6) is 0 Å². The number of hydrogen-bond acceptors (Lipinski definition) is 6. The number of sulfonamides is 1. The number of nitrogens with one attached hydrogen (secondary N) is 1. The highest BCUT2D eigenvalue weighted by atomic mass is 32.2. The fourth-order valence-electron chi connectivity index (χ4n) is 1.88. The summed E-state index contributed by atoms with van der Waals surface area (Å²) in [6.07, 6.45) is 0.965. The Morgan fingerprint density at radius 1 is 1.33 bits per heavy atom. The minimum Gasteiger partial charge on any atom is -0.257 e. The Kier molecular flexibility index (Phi) is 3.92. The number of hydrogen-bond donors (Lipinski definition) is 1. The maximum Gasteiger partial charge on any atom is 0.345 e. The molecule has 1 aromatic carbocycles. The van der Waals surface area contributed by atoms with E-state index in [0.717, 1.165) is 18.3 Å². The summed E-state index contributed by atoms with van der Waals surface area (Å²) >= 11 is 0.603. The maximum atomic E-state index is 13.2. The van der Waals surface area contributed by atoms with Crippen molar-refractivity contribution in [3.63, 3.8) is 0 Å². The molecule has 0 atom stereocenters. The topological polar surface area (TPSA) is 102 Å². The average Bonchev–Trinajstić information content (AvgIpc) is 2.74. The summed E-state index contributed by atoms with van der Waals surface area (Å²) in [5.74, 6) is -0.533. The lowest BCUT2D eigenvalue weighted by Gasteiger charge is -2.11. The first kappa shape index (κ1) is 15.3. The van der Waals surface area contributed by atoms with E-state index in [4.69, 9.17) is 0 Å². The van der Waals surface area contributed by atoms with Gasteiger partial charge in [-0.3, -0.25) is 14.8 Å². The number of rotatable bonds is 4. The summed E-state index contributed by atoms with van der Waals surface area (Å²) in [4.78, 5) is 13.5. The van der Waals surface area contributed by atoms with Gasteiger partial charge in [-0.2, -0.15) is 0 Å². The molecule has 0 aliphatic heterocycles. The number of anilines is 1. The number of nitro groups is 1. The lowest BCUT2D eigenvalue weighted by atomic mass is 10.1. The zero-order chi connectivity index (χ0) is 15.8. The molecule has 0 aliphatic rings. The second-order valence-electron chi connectivity index (χ2n) is 4.23. The number of halogens is 1. The minimum atomic E-state index is -4.00. The van der Waals surface area contributed by atoms with Crippen LogP contribution in [0.15, 0.2) is 23.2 Å². The van der Waals surface area contributed by atoms with Gasteiger partial charge < -0.3 is 0 Å². The number of aryl methyl sites for hydroxylation is 2. The van der Waals surface area contributed by atoms with Gasteiger partial charge in [0, 0.05) is 0 Å². The van der Waals surface area contributed by atoms with Gasteiger partial charge in [-0.05, 0) is 48.4 Å². The lowest BCUT2D eigenvalue weighted by Crippen LogP contribution is -2.15. The number of thiazole rings is 1. The van der Waals surface area contributed by atoms with Crippen molar-refractivity contribution in [2.75, 3.05) is 4.72 Å². The molecular weight excluding hydrogens is 321 g/mol. The summed E-state index contributed by atoms with van der Waals surface area (Å²) in [7, 11) is -4.00. The van der Waals surface area contributed by atoms with Crippen molar-refractivity contribution >= 4 is 31.5 Å². The van der Waals surface area contributed by atoms with Crippen molar-refractivity contribution in [1.82, 2.24) is 4.98 Å². The zero-order valence-electron chi connectivity index (χ0n) is 11.0. The Labute approximate surface area is 123 Å². The molecule has 1 heterocycles. The summed E-state index contributed by atoms with van der Waals surface area (Å²) in [5, 5.41) is 10.2. The SMILES string of the molecule is Cc1cc(F)cc(C)c1S(=O)(=O)Nc1ncc([N+](=O)[O-])s1. The molecule has 0 amide bonds. The van der Waals surface area contributed by atoms with Crippen LogP contribution in [0.3, 0.4) is 0 Å².